The second-order valence-electron chi connectivity index (χ2n) is 3.08. The van der Waals surface area contributed by atoms with Crippen molar-refractivity contribution in [3.8, 4) is 0 Å². The minimum Gasteiger partial charge on any atom is -0.375 e. The van der Waals surface area contributed by atoms with Gasteiger partial charge in [0.05, 0.1) is 0 Å². The maximum atomic E-state index is 3.99. The van der Waals surface area contributed by atoms with E-state index in [1.165, 1.54) is 12.0 Å². The third kappa shape index (κ3) is 2.00. The number of halogens is 1. The molecule has 1 heterocycles. The van der Waals surface area contributed by atoms with Gasteiger partial charge in [-0.3, -0.25) is 0 Å². The molecule has 0 spiro atoms. The van der Waals surface area contributed by atoms with Crippen LogP contribution in [0.4, 0.5) is 0 Å². The van der Waals surface area contributed by atoms with Crippen LogP contribution < -0.4 is 0 Å². The van der Waals surface area contributed by atoms with E-state index in [4.69, 9.17) is 0 Å². The zero-order chi connectivity index (χ0) is 7.72. The van der Waals surface area contributed by atoms with Gasteiger partial charge < -0.3 is 4.90 Å². The van der Waals surface area contributed by atoms with Gasteiger partial charge >= 0.3 is 0 Å². The minimum absolute atomic E-state index is 0. The molecule has 0 N–H and O–H groups in total. The highest BCUT2D eigenvalue weighted by atomic mass is 35.5. The van der Waals surface area contributed by atoms with E-state index < -0.39 is 0 Å². The maximum absolute atomic E-state index is 3.99. The summed E-state index contributed by atoms with van der Waals surface area (Å²) in [6, 6.07) is 0. The van der Waals surface area contributed by atoms with Gasteiger partial charge in [-0.25, -0.2) is 0 Å². The zero-order valence-electron chi connectivity index (χ0n) is 7.26. The fourth-order valence-electron chi connectivity index (χ4n) is 1.23. The second kappa shape index (κ2) is 3.82. The molecule has 0 saturated carbocycles. The summed E-state index contributed by atoms with van der Waals surface area (Å²) in [7, 11) is 2.07. The Morgan fingerprint density at radius 2 is 2.00 bits per heavy atom. The van der Waals surface area contributed by atoms with E-state index >= 15 is 0 Å². The van der Waals surface area contributed by atoms with Crippen LogP contribution in [0, 0.1) is 5.92 Å². The first kappa shape index (κ1) is 10.6. The van der Waals surface area contributed by atoms with E-state index in [1.54, 1.807) is 0 Å². The molecule has 1 rings (SSSR count). The molecule has 0 aliphatic carbocycles. The highest BCUT2D eigenvalue weighted by Crippen LogP contribution is 2.26. The third-order valence-electron chi connectivity index (χ3n) is 2.32. The van der Waals surface area contributed by atoms with Crippen molar-refractivity contribution in [2.24, 2.45) is 5.92 Å². The molecule has 64 valence electrons. The second-order valence-corrected chi connectivity index (χ2v) is 3.08. The van der Waals surface area contributed by atoms with Crippen molar-refractivity contribution in [3.05, 3.63) is 24.4 Å². The molecule has 0 bridgehead atoms. The average molecular weight is 174 g/mol. The Hall–Kier alpha value is -0.430. The van der Waals surface area contributed by atoms with E-state index in [0.717, 1.165) is 12.2 Å². The largest absolute Gasteiger partial charge is 0.375 e. The lowest BCUT2D eigenvalue weighted by Crippen LogP contribution is -2.28. The van der Waals surface area contributed by atoms with Gasteiger partial charge in [-0.15, -0.1) is 12.4 Å². The van der Waals surface area contributed by atoms with Gasteiger partial charge in [0.25, 0.3) is 0 Å². The van der Waals surface area contributed by atoms with Crippen molar-refractivity contribution >= 4 is 12.4 Å². The lowest BCUT2D eigenvalue weighted by atomic mass is 9.92. The highest BCUT2D eigenvalue weighted by Gasteiger charge is 2.18. The van der Waals surface area contributed by atoms with Crippen molar-refractivity contribution in [1.29, 1.82) is 0 Å². The van der Waals surface area contributed by atoms with Crippen LogP contribution in [0.2, 0.25) is 0 Å². The zero-order valence-corrected chi connectivity index (χ0v) is 8.08. The fourth-order valence-corrected chi connectivity index (χ4v) is 1.23. The van der Waals surface area contributed by atoms with E-state index in [1.807, 2.05) is 0 Å². The summed E-state index contributed by atoms with van der Waals surface area (Å²) in [5.41, 5.74) is 2.31. The summed E-state index contributed by atoms with van der Waals surface area (Å²) in [6.07, 6.45) is 1.22. The van der Waals surface area contributed by atoms with E-state index in [2.05, 4.69) is 32.0 Å². The Morgan fingerprint density at radius 3 is 2.45 bits per heavy atom. The molecule has 1 atom stereocenters. The Kier molecular flexibility index (Phi) is 3.67. The summed E-state index contributed by atoms with van der Waals surface area (Å²) in [4.78, 5) is 2.17. The number of allylic oxidation sites excluding steroid dienone is 1. The van der Waals surface area contributed by atoms with Crippen LogP contribution in [-0.2, 0) is 0 Å². The SMILES string of the molecule is C=C1C(=C)N(C)CCC1C.Cl. The third-order valence-corrected chi connectivity index (χ3v) is 2.32. The van der Waals surface area contributed by atoms with Gasteiger partial charge in [0, 0.05) is 19.3 Å². The van der Waals surface area contributed by atoms with Crippen molar-refractivity contribution in [2.45, 2.75) is 13.3 Å². The molecule has 0 radical (unpaired) electrons. The molecule has 0 amide bonds. The number of hydrogen-bond donors (Lipinski definition) is 0. The maximum Gasteiger partial charge on any atom is 0.0319 e. The quantitative estimate of drug-likeness (QED) is 0.544. The topological polar surface area (TPSA) is 3.24 Å². The molecule has 2 heteroatoms. The Balaban J connectivity index is 0.000001000. The van der Waals surface area contributed by atoms with Gasteiger partial charge in [-0.1, -0.05) is 20.1 Å². The highest BCUT2D eigenvalue weighted by molar-refractivity contribution is 5.85. The van der Waals surface area contributed by atoms with Crippen molar-refractivity contribution in [2.75, 3.05) is 13.6 Å². The van der Waals surface area contributed by atoms with E-state index in [0.29, 0.717) is 5.92 Å². The summed E-state index contributed by atoms with van der Waals surface area (Å²) < 4.78 is 0. The first-order valence-electron chi connectivity index (χ1n) is 3.72. The van der Waals surface area contributed by atoms with E-state index in [9.17, 15) is 0 Å². The van der Waals surface area contributed by atoms with Crippen LogP contribution in [0.1, 0.15) is 13.3 Å². The monoisotopic (exact) mass is 173 g/mol. The first-order chi connectivity index (χ1) is 4.63. The summed E-state index contributed by atoms with van der Waals surface area (Å²) >= 11 is 0. The molecule has 1 aliphatic heterocycles. The summed E-state index contributed by atoms with van der Waals surface area (Å²) in [5.74, 6) is 0.628. The number of hydrogen-bond acceptors (Lipinski definition) is 1. The molecule has 1 unspecified atom stereocenters. The molecular formula is C9H16ClN. The number of likely N-dealkylation sites (N-methyl/N-ethyl adjacent to an activating group) is 1. The number of nitrogens with zero attached hydrogens (tertiary/aromatic N) is 1. The Morgan fingerprint density at radius 1 is 1.45 bits per heavy atom. The van der Waals surface area contributed by atoms with Crippen molar-refractivity contribution < 1.29 is 0 Å². The molecule has 1 saturated heterocycles. The molecule has 0 aromatic carbocycles. The van der Waals surface area contributed by atoms with Crippen molar-refractivity contribution in [3.63, 3.8) is 0 Å². The molecule has 11 heavy (non-hydrogen) atoms. The summed E-state index contributed by atoms with van der Waals surface area (Å²) in [5, 5.41) is 0. The molecule has 0 aromatic rings. The average Bonchev–Trinajstić information content (AvgIpc) is 1.93. The van der Waals surface area contributed by atoms with Gasteiger partial charge in [0.2, 0.25) is 0 Å². The van der Waals surface area contributed by atoms with Crippen LogP contribution in [0.5, 0.6) is 0 Å². The smallest absolute Gasteiger partial charge is 0.0319 e. The minimum atomic E-state index is 0. The number of piperidine rings is 1. The van der Waals surface area contributed by atoms with Gasteiger partial charge in [0.1, 0.15) is 0 Å². The predicted molar refractivity (Wildman–Crippen MR) is 51.9 cm³/mol. The molecular weight excluding hydrogens is 158 g/mol. The number of rotatable bonds is 0. The van der Waals surface area contributed by atoms with Crippen LogP contribution in [0.25, 0.3) is 0 Å². The molecule has 1 aliphatic rings. The van der Waals surface area contributed by atoms with Crippen molar-refractivity contribution in [1.82, 2.24) is 4.90 Å². The van der Waals surface area contributed by atoms with Gasteiger partial charge in [-0.05, 0) is 17.9 Å². The lowest BCUT2D eigenvalue weighted by molar-refractivity contribution is 0.345. The first-order valence-corrected chi connectivity index (χ1v) is 3.72. The summed E-state index contributed by atoms with van der Waals surface area (Å²) in [6.45, 7) is 11.3. The fraction of sp³-hybridized carbons (Fsp3) is 0.556. The normalized spacial score (nSPS) is 24.9. The molecule has 1 nitrogen and oxygen atoms in total. The lowest BCUT2D eigenvalue weighted by Gasteiger charge is -2.32. The Labute approximate surface area is 75.2 Å². The van der Waals surface area contributed by atoms with Gasteiger partial charge in [-0.2, -0.15) is 0 Å². The standard InChI is InChI=1S/C9H15N.ClH/c1-7-5-6-10(4)9(3)8(7)2;/h7H,2-3,5-6H2,1,4H3;1H. The van der Waals surface area contributed by atoms with Gasteiger partial charge in [0.15, 0.2) is 0 Å². The van der Waals surface area contributed by atoms with Crippen LogP contribution in [-0.4, -0.2) is 18.5 Å². The predicted octanol–water partition coefficient (Wildman–Crippen LogP) is 2.45. The Bertz CT molecular complexity index is 154. The van der Waals surface area contributed by atoms with Crippen LogP contribution in [0.15, 0.2) is 24.4 Å². The number of likely N-dealkylation sites (tertiary alicyclic amines) is 1. The molecule has 1 fully saturated rings. The van der Waals surface area contributed by atoms with E-state index in [-0.39, 0.29) is 12.4 Å². The molecule has 0 aromatic heterocycles. The van der Waals surface area contributed by atoms with Crippen LogP contribution in [0.3, 0.4) is 0 Å². The van der Waals surface area contributed by atoms with Crippen LogP contribution >= 0.6 is 12.4 Å².